The van der Waals surface area contributed by atoms with Crippen LogP contribution in [0.5, 0.6) is 0 Å². The highest BCUT2D eigenvalue weighted by atomic mass is 16.8. The zero-order valence-corrected chi connectivity index (χ0v) is 2.55. The van der Waals surface area contributed by atoms with Crippen LogP contribution in [0.4, 0.5) is 0 Å². The van der Waals surface area contributed by atoms with Crippen LogP contribution >= 0.6 is 0 Å². The summed E-state index contributed by atoms with van der Waals surface area (Å²) >= 11 is 0. The fourth-order valence-corrected chi connectivity index (χ4v) is 0.152. The van der Waals surface area contributed by atoms with E-state index >= 15 is 0 Å². The van der Waals surface area contributed by atoms with Crippen LogP contribution in [0.1, 0.15) is 0 Å². The van der Waals surface area contributed by atoms with Crippen molar-refractivity contribution in [3.63, 3.8) is 0 Å². The van der Waals surface area contributed by atoms with E-state index in [9.17, 15) is 0 Å². The predicted octanol–water partition coefficient (Wildman–Crippen LogP) is -0.0660. The summed E-state index contributed by atoms with van der Waals surface area (Å²) in [6, 6.07) is 0. The predicted molar refractivity (Wildman–Crippen MR) is 15.5 cm³/mol. The zero-order valence-electron chi connectivity index (χ0n) is 2.55. The summed E-state index contributed by atoms with van der Waals surface area (Å²) in [5.74, 6) is 0. The lowest BCUT2D eigenvalue weighted by Gasteiger charge is -1.77. The first kappa shape index (κ1) is 2.50. The molecule has 0 fully saturated rings. The van der Waals surface area contributed by atoms with E-state index in [1.807, 2.05) is 0 Å². The van der Waals surface area contributed by atoms with Crippen molar-refractivity contribution < 1.29 is 9.57 Å². The van der Waals surface area contributed by atoms with Crippen molar-refractivity contribution in [2.45, 2.75) is 0 Å². The molecule has 0 amide bonds. The monoisotopic (exact) mass is 73.0 g/mol. The quantitative estimate of drug-likeness (QED) is 0.402. The molecular weight excluding hydrogens is 70.0 g/mol. The van der Waals surface area contributed by atoms with E-state index in [2.05, 4.69) is 14.7 Å². The van der Waals surface area contributed by atoms with Gasteiger partial charge in [-0.25, -0.2) is 0 Å². The normalized spacial score (nSPS) is 17.6. The Bertz CT molecular complexity index is 45.6. The lowest BCUT2D eigenvalue weighted by atomic mass is 11.4. The molecule has 0 aliphatic carbocycles. The highest BCUT2D eigenvalue weighted by Gasteiger charge is 1.84. The van der Waals surface area contributed by atoms with Crippen molar-refractivity contribution in [1.82, 2.24) is 0 Å². The molecule has 0 bridgehead atoms. The Labute approximate surface area is 29.2 Å². The van der Waals surface area contributed by atoms with Gasteiger partial charge in [-0.05, 0) is 0 Å². The lowest BCUT2D eigenvalue weighted by molar-refractivity contribution is 0.0595. The molecule has 1 aliphatic heterocycles. The molecule has 1 aliphatic rings. The third-order valence-electron chi connectivity index (χ3n) is 0.313. The Balaban J connectivity index is 2.32. The summed E-state index contributed by atoms with van der Waals surface area (Å²) in [6.45, 7) is 0.278. The average molecular weight is 73.1 g/mol. The molecule has 0 atom stereocenters. The van der Waals surface area contributed by atoms with Gasteiger partial charge in [0.15, 0.2) is 0 Å². The number of ether oxygens (including phenoxy) is 1. The fraction of sp³-hybridized carbons (Fsp3) is 0.500. The highest BCUT2D eigenvalue weighted by molar-refractivity contribution is 5.45. The van der Waals surface area contributed by atoms with Crippen LogP contribution in [0, 0.1) is 0 Å². The van der Waals surface area contributed by atoms with Crippen molar-refractivity contribution in [3.05, 3.63) is 0 Å². The topological polar surface area (TPSA) is 30.8 Å². The minimum atomic E-state index is 0.278. The van der Waals surface area contributed by atoms with Gasteiger partial charge < -0.3 is 9.57 Å². The first-order chi connectivity index (χ1) is 2.50. The van der Waals surface area contributed by atoms with E-state index in [1.54, 1.807) is 0 Å². The Hall–Kier alpha value is -0.730. The maximum atomic E-state index is 4.43. The molecule has 3 nitrogen and oxygen atoms in total. The van der Waals surface area contributed by atoms with Crippen LogP contribution < -0.4 is 0 Å². The smallest absolute Gasteiger partial charge is 0.257 e. The standard InChI is InChI=1S/C2H3NO2/c1-3-5-2-4-1/h1H,2H2. The molecule has 0 saturated heterocycles. The van der Waals surface area contributed by atoms with Crippen molar-refractivity contribution in [3.8, 4) is 0 Å². The minimum absolute atomic E-state index is 0.278. The Kier molecular flexibility index (Phi) is 0.463. The van der Waals surface area contributed by atoms with Gasteiger partial charge in [0.25, 0.3) is 6.79 Å². The van der Waals surface area contributed by atoms with Crippen LogP contribution in [-0.2, 0) is 9.57 Å². The molecule has 0 N–H and O–H groups in total. The second-order valence-corrected chi connectivity index (χ2v) is 0.624. The molecule has 0 unspecified atom stereocenters. The molecule has 28 valence electrons. The van der Waals surface area contributed by atoms with E-state index in [1.165, 1.54) is 6.40 Å². The van der Waals surface area contributed by atoms with Gasteiger partial charge in [-0.2, -0.15) is 0 Å². The van der Waals surface area contributed by atoms with Crippen molar-refractivity contribution in [2.24, 2.45) is 5.16 Å². The first-order valence-electron chi connectivity index (χ1n) is 1.25. The number of hydrogen-bond donors (Lipinski definition) is 0. The molecule has 0 aromatic heterocycles. The van der Waals surface area contributed by atoms with Gasteiger partial charge in [0.2, 0.25) is 6.40 Å². The second kappa shape index (κ2) is 0.924. The Morgan fingerprint density at radius 1 is 1.80 bits per heavy atom. The lowest BCUT2D eigenvalue weighted by Crippen LogP contribution is -1.77. The van der Waals surface area contributed by atoms with Gasteiger partial charge in [0.05, 0.1) is 0 Å². The summed E-state index contributed by atoms with van der Waals surface area (Å²) in [7, 11) is 0. The van der Waals surface area contributed by atoms with E-state index in [-0.39, 0.29) is 6.79 Å². The maximum Gasteiger partial charge on any atom is 0.257 e. The van der Waals surface area contributed by atoms with Gasteiger partial charge in [-0.3, -0.25) is 0 Å². The summed E-state index contributed by atoms with van der Waals surface area (Å²) < 4.78 is 4.43. The molecule has 0 saturated carbocycles. The number of oxime groups is 1. The summed E-state index contributed by atoms with van der Waals surface area (Å²) in [5.41, 5.74) is 0. The van der Waals surface area contributed by atoms with Crippen LogP contribution in [0.3, 0.4) is 0 Å². The zero-order chi connectivity index (χ0) is 3.54. The second-order valence-electron chi connectivity index (χ2n) is 0.624. The number of rotatable bonds is 0. The Morgan fingerprint density at radius 3 is 3.00 bits per heavy atom. The number of nitrogens with zero attached hydrogens (tertiary/aromatic N) is 1. The maximum absolute atomic E-state index is 4.43. The van der Waals surface area contributed by atoms with Gasteiger partial charge in [0, 0.05) is 0 Å². The molecule has 0 spiro atoms. The van der Waals surface area contributed by atoms with Crippen LogP contribution in [0.15, 0.2) is 5.16 Å². The molecule has 3 heteroatoms. The molecule has 5 heavy (non-hydrogen) atoms. The first-order valence-corrected chi connectivity index (χ1v) is 1.25. The third-order valence-corrected chi connectivity index (χ3v) is 0.313. The molecule has 1 heterocycles. The fourth-order valence-electron chi connectivity index (χ4n) is 0.152. The van der Waals surface area contributed by atoms with Crippen LogP contribution in [0.2, 0.25) is 0 Å². The summed E-state index contributed by atoms with van der Waals surface area (Å²) in [4.78, 5) is 4.29. The van der Waals surface area contributed by atoms with Crippen LogP contribution in [0.25, 0.3) is 0 Å². The van der Waals surface area contributed by atoms with Gasteiger partial charge in [0.1, 0.15) is 0 Å². The highest BCUT2D eigenvalue weighted by Crippen LogP contribution is 1.81. The van der Waals surface area contributed by atoms with Crippen molar-refractivity contribution >= 4 is 6.40 Å². The van der Waals surface area contributed by atoms with Gasteiger partial charge in [-0.1, -0.05) is 5.16 Å². The van der Waals surface area contributed by atoms with Gasteiger partial charge >= 0.3 is 0 Å². The Morgan fingerprint density at radius 2 is 2.80 bits per heavy atom. The molecule has 0 radical (unpaired) electrons. The molecule has 1 rings (SSSR count). The minimum Gasteiger partial charge on any atom is -0.441 e. The van der Waals surface area contributed by atoms with Crippen molar-refractivity contribution in [1.29, 1.82) is 0 Å². The van der Waals surface area contributed by atoms with Crippen LogP contribution in [-0.4, -0.2) is 13.2 Å². The van der Waals surface area contributed by atoms with E-state index < -0.39 is 0 Å². The molecule has 0 aromatic carbocycles. The average Bonchev–Trinajstić information content (AvgIpc) is 1.76. The summed E-state index contributed by atoms with van der Waals surface area (Å²) in [5, 5.41) is 3.24. The summed E-state index contributed by atoms with van der Waals surface area (Å²) in [6.07, 6.45) is 1.26. The van der Waals surface area contributed by atoms with E-state index in [4.69, 9.17) is 0 Å². The molecule has 0 aromatic rings. The van der Waals surface area contributed by atoms with Crippen molar-refractivity contribution in [2.75, 3.05) is 6.79 Å². The SMILES string of the molecule is C1=NOCO1. The van der Waals surface area contributed by atoms with E-state index in [0.717, 1.165) is 0 Å². The van der Waals surface area contributed by atoms with E-state index in [0.29, 0.717) is 0 Å². The van der Waals surface area contributed by atoms with Gasteiger partial charge in [-0.15, -0.1) is 0 Å². The molecular formula is C2H3NO2. The number of hydrogen-bond acceptors (Lipinski definition) is 3. The third kappa shape index (κ3) is 0.289. The largest absolute Gasteiger partial charge is 0.441 e.